The van der Waals surface area contributed by atoms with Crippen molar-refractivity contribution < 1.29 is 9.59 Å². The second-order valence-corrected chi connectivity index (χ2v) is 9.93. The standard InChI is InChI=1S/C24H29N5O2/c30-22(18-9-21(26-12-18)16-1-2-16)28-7-4-24(5-8-28)10-20(24)13-27-23(31)29-14-17-3-6-25-11-19(17)15-29/h3,6,9,11,16,20H,1-2,4-5,7-8,10,12-15H2,(H,27,31). The zero-order chi connectivity index (χ0) is 21.0. The van der Waals surface area contributed by atoms with Crippen LogP contribution in [0.4, 0.5) is 4.79 Å². The highest BCUT2D eigenvalue weighted by atomic mass is 16.2. The third-order valence-corrected chi connectivity index (χ3v) is 7.94. The average Bonchev–Trinajstić information content (AvgIpc) is 3.64. The summed E-state index contributed by atoms with van der Waals surface area (Å²) in [5, 5.41) is 3.15. The van der Waals surface area contributed by atoms with Gasteiger partial charge in [-0.2, -0.15) is 0 Å². The Morgan fingerprint density at radius 2 is 1.94 bits per heavy atom. The minimum absolute atomic E-state index is 0.0190. The summed E-state index contributed by atoms with van der Waals surface area (Å²) in [4.78, 5) is 38.1. The Bertz CT molecular complexity index is 962. The number of carbonyl (C=O) groups is 2. The first-order valence-electron chi connectivity index (χ1n) is 11.6. The summed E-state index contributed by atoms with van der Waals surface area (Å²) in [6, 6.07) is 2.01. The van der Waals surface area contributed by atoms with E-state index in [1.54, 1.807) is 6.20 Å². The molecule has 7 nitrogen and oxygen atoms in total. The van der Waals surface area contributed by atoms with Crippen LogP contribution in [0.2, 0.25) is 0 Å². The zero-order valence-electron chi connectivity index (χ0n) is 17.8. The van der Waals surface area contributed by atoms with Crippen molar-refractivity contribution >= 4 is 17.6 Å². The number of aromatic nitrogens is 1. The van der Waals surface area contributed by atoms with Crippen LogP contribution in [0.15, 0.2) is 35.1 Å². The SMILES string of the molecule is O=C(NCC1CC12CCN(C(=O)C1=CC(C3CC3)=NC1)CC2)N1Cc2ccncc2C1. The number of aliphatic imine (C=N–C) groups is 1. The van der Waals surface area contributed by atoms with Gasteiger partial charge in [0.2, 0.25) is 0 Å². The lowest BCUT2D eigenvalue weighted by molar-refractivity contribution is -0.128. The summed E-state index contributed by atoms with van der Waals surface area (Å²) in [6.07, 6.45) is 11.4. The second-order valence-electron chi connectivity index (χ2n) is 9.93. The second kappa shape index (κ2) is 7.18. The molecule has 4 heterocycles. The highest BCUT2D eigenvalue weighted by molar-refractivity contribution is 6.08. The number of hydrogen-bond acceptors (Lipinski definition) is 4. The van der Waals surface area contributed by atoms with Crippen LogP contribution in [0.1, 0.15) is 43.2 Å². The highest BCUT2D eigenvalue weighted by Gasteiger charge is 2.55. The smallest absolute Gasteiger partial charge is 0.318 e. The summed E-state index contributed by atoms with van der Waals surface area (Å²) >= 11 is 0. The van der Waals surface area contributed by atoms with Crippen molar-refractivity contribution in [2.24, 2.45) is 22.2 Å². The number of nitrogens with zero attached hydrogens (tertiary/aromatic N) is 4. The van der Waals surface area contributed by atoms with Gasteiger partial charge in [-0.25, -0.2) is 4.79 Å². The average molecular weight is 420 g/mol. The number of urea groups is 1. The maximum absolute atomic E-state index is 12.9. The molecular weight excluding hydrogens is 390 g/mol. The number of nitrogens with one attached hydrogen (secondary N) is 1. The van der Waals surface area contributed by atoms with Gasteiger partial charge in [-0.15, -0.1) is 0 Å². The number of piperidine rings is 1. The van der Waals surface area contributed by atoms with Gasteiger partial charge in [0, 0.05) is 62.3 Å². The largest absolute Gasteiger partial charge is 0.339 e. The Kier molecular flexibility index (Phi) is 4.40. The number of likely N-dealkylation sites (tertiary alicyclic amines) is 1. The molecule has 1 spiro atoms. The molecule has 6 rings (SSSR count). The Labute approximate surface area is 182 Å². The number of rotatable bonds is 4. The molecule has 0 radical (unpaired) electrons. The predicted molar refractivity (Wildman–Crippen MR) is 116 cm³/mol. The van der Waals surface area contributed by atoms with E-state index < -0.39 is 0 Å². The van der Waals surface area contributed by atoms with Crippen LogP contribution < -0.4 is 5.32 Å². The van der Waals surface area contributed by atoms with Gasteiger partial charge in [0.15, 0.2) is 0 Å². The molecule has 5 aliphatic rings. The molecule has 3 fully saturated rings. The van der Waals surface area contributed by atoms with Gasteiger partial charge in [-0.3, -0.25) is 14.8 Å². The first kappa shape index (κ1) is 19.0. The number of amides is 3. The third-order valence-electron chi connectivity index (χ3n) is 7.94. The fourth-order valence-electron chi connectivity index (χ4n) is 5.58. The quantitative estimate of drug-likeness (QED) is 0.815. The van der Waals surface area contributed by atoms with Crippen LogP contribution in [-0.4, -0.2) is 58.6 Å². The minimum Gasteiger partial charge on any atom is -0.339 e. The number of allylic oxidation sites excluding steroid dienone is 1. The Morgan fingerprint density at radius 1 is 1.13 bits per heavy atom. The van der Waals surface area contributed by atoms with Gasteiger partial charge in [0.05, 0.1) is 6.54 Å². The molecule has 1 aromatic rings. The maximum atomic E-state index is 12.9. The first-order valence-corrected chi connectivity index (χ1v) is 11.6. The summed E-state index contributed by atoms with van der Waals surface area (Å²) in [7, 11) is 0. The fraction of sp³-hybridized carbons (Fsp3) is 0.583. The topological polar surface area (TPSA) is 77.9 Å². The van der Waals surface area contributed by atoms with Crippen LogP contribution in [0, 0.1) is 17.3 Å². The summed E-state index contributed by atoms with van der Waals surface area (Å²) in [6.45, 7) is 4.27. The van der Waals surface area contributed by atoms with Gasteiger partial charge < -0.3 is 15.1 Å². The van der Waals surface area contributed by atoms with Crippen molar-refractivity contribution in [3.8, 4) is 0 Å². The van der Waals surface area contributed by atoms with E-state index in [0.29, 0.717) is 36.9 Å². The summed E-state index contributed by atoms with van der Waals surface area (Å²) in [5.74, 6) is 1.34. The van der Waals surface area contributed by atoms with Crippen LogP contribution in [0.3, 0.4) is 0 Å². The maximum Gasteiger partial charge on any atom is 0.318 e. The third kappa shape index (κ3) is 3.54. The molecule has 1 unspecified atom stereocenters. The Morgan fingerprint density at radius 3 is 2.71 bits per heavy atom. The lowest BCUT2D eigenvalue weighted by atomic mass is 9.90. The van der Waals surface area contributed by atoms with E-state index >= 15 is 0 Å². The molecule has 31 heavy (non-hydrogen) atoms. The van der Waals surface area contributed by atoms with E-state index in [1.165, 1.54) is 18.4 Å². The monoisotopic (exact) mass is 419 g/mol. The predicted octanol–water partition coefficient (Wildman–Crippen LogP) is 2.53. The van der Waals surface area contributed by atoms with Gasteiger partial charge in [0.1, 0.15) is 0 Å². The van der Waals surface area contributed by atoms with E-state index in [2.05, 4.69) is 15.3 Å². The molecule has 0 bridgehead atoms. The number of pyridine rings is 1. The highest BCUT2D eigenvalue weighted by Crippen LogP contribution is 2.59. The van der Waals surface area contributed by atoms with Crippen LogP contribution in [0.5, 0.6) is 0 Å². The van der Waals surface area contributed by atoms with Gasteiger partial charge in [0.25, 0.3) is 5.91 Å². The fourth-order valence-corrected chi connectivity index (χ4v) is 5.58. The van der Waals surface area contributed by atoms with Gasteiger partial charge >= 0.3 is 6.03 Å². The van der Waals surface area contributed by atoms with Crippen molar-refractivity contribution in [3.05, 3.63) is 41.2 Å². The van der Waals surface area contributed by atoms with E-state index in [4.69, 9.17) is 0 Å². The van der Waals surface area contributed by atoms with Crippen molar-refractivity contribution in [1.82, 2.24) is 20.1 Å². The number of hydrogen-bond donors (Lipinski definition) is 1. The molecule has 2 aliphatic carbocycles. The summed E-state index contributed by atoms with van der Waals surface area (Å²) < 4.78 is 0. The molecule has 1 atom stereocenters. The van der Waals surface area contributed by atoms with Crippen LogP contribution >= 0.6 is 0 Å². The molecule has 3 aliphatic heterocycles. The molecule has 0 aromatic carbocycles. The van der Waals surface area contributed by atoms with Crippen molar-refractivity contribution in [2.75, 3.05) is 26.2 Å². The van der Waals surface area contributed by atoms with E-state index in [1.807, 2.05) is 28.1 Å². The van der Waals surface area contributed by atoms with Crippen molar-refractivity contribution in [3.63, 3.8) is 0 Å². The lowest BCUT2D eigenvalue weighted by Gasteiger charge is -2.33. The Balaban J connectivity index is 0.965. The molecular formula is C24H29N5O2. The number of fused-ring (bicyclic) bond motifs is 1. The van der Waals surface area contributed by atoms with E-state index in [9.17, 15) is 9.59 Å². The lowest BCUT2D eigenvalue weighted by Crippen LogP contribution is -2.42. The molecule has 7 heteroatoms. The van der Waals surface area contributed by atoms with Gasteiger partial charge in [-0.1, -0.05) is 0 Å². The van der Waals surface area contributed by atoms with Crippen molar-refractivity contribution in [1.29, 1.82) is 0 Å². The first-order chi connectivity index (χ1) is 15.1. The van der Waals surface area contributed by atoms with E-state index in [-0.39, 0.29) is 11.9 Å². The van der Waals surface area contributed by atoms with Crippen LogP contribution in [0.25, 0.3) is 0 Å². The molecule has 2 saturated carbocycles. The summed E-state index contributed by atoms with van der Waals surface area (Å²) in [5.41, 5.74) is 4.68. The van der Waals surface area contributed by atoms with Crippen molar-refractivity contribution in [2.45, 2.75) is 45.2 Å². The molecule has 1 saturated heterocycles. The zero-order valence-corrected chi connectivity index (χ0v) is 17.8. The molecule has 1 N–H and O–H groups in total. The molecule has 3 amide bonds. The van der Waals surface area contributed by atoms with Crippen LogP contribution in [-0.2, 0) is 17.9 Å². The normalized spacial score (nSPS) is 25.9. The molecule has 1 aromatic heterocycles. The van der Waals surface area contributed by atoms with Gasteiger partial charge in [-0.05, 0) is 66.7 Å². The number of carbonyl (C=O) groups excluding carboxylic acids is 2. The minimum atomic E-state index is 0.0190. The molecule has 162 valence electrons. The van der Waals surface area contributed by atoms with E-state index in [0.717, 1.165) is 55.7 Å². The Hall–Kier alpha value is -2.70.